The van der Waals surface area contributed by atoms with Crippen molar-refractivity contribution in [1.82, 2.24) is 10.6 Å². The molecule has 0 aliphatic carbocycles. The van der Waals surface area contributed by atoms with Crippen molar-refractivity contribution in [2.45, 2.75) is 26.3 Å². The molecule has 114 valence electrons. The van der Waals surface area contributed by atoms with Crippen LogP contribution in [0.25, 0.3) is 0 Å². The molecule has 0 aliphatic rings. The van der Waals surface area contributed by atoms with Crippen LogP contribution in [0.3, 0.4) is 0 Å². The molecule has 6 heteroatoms. The highest BCUT2D eigenvalue weighted by Crippen LogP contribution is 2.04. The van der Waals surface area contributed by atoms with Crippen molar-refractivity contribution in [2.75, 3.05) is 12.3 Å². The largest absolute Gasteiger partial charge is 0.348 e. The Hall–Kier alpha value is -1.82. The third-order valence-electron chi connectivity index (χ3n) is 2.72. The SMILES string of the molecule is CCSC(=N)CNC(=O)[C@H](Cc1ccccc1)NC(C)=O. The average Bonchev–Trinajstić information content (AvgIpc) is 2.45. The van der Waals surface area contributed by atoms with Gasteiger partial charge in [-0.25, -0.2) is 0 Å². The monoisotopic (exact) mass is 307 g/mol. The van der Waals surface area contributed by atoms with Gasteiger partial charge in [-0.2, -0.15) is 0 Å². The second-order valence-electron chi connectivity index (χ2n) is 4.52. The van der Waals surface area contributed by atoms with Gasteiger partial charge in [-0.15, -0.1) is 11.8 Å². The van der Waals surface area contributed by atoms with E-state index in [1.807, 2.05) is 37.3 Å². The van der Waals surface area contributed by atoms with Crippen molar-refractivity contribution >= 4 is 28.6 Å². The Labute approximate surface area is 129 Å². The predicted molar refractivity (Wildman–Crippen MR) is 86.6 cm³/mol. The lowest BCUT2D eigenvalue weighted by atomic mass is 10.1. The summed E-state index contributed by atoms with van der Waals surface area (Å²) in [5.41, 5.74) is 0.976. The van der Waals surface area contributed by atoms with E-state index in [1.54, 1.807) is 0 Å². The minimum Gasteiger partial charge on any atom is -0.348 e. The summed E-state index contributed by atoms with van der Waals surface area (Å²) in [7, 11) is 0. The number of thioether (sulfide) groups is 1. The highest BCUT2D eigenvalue weighted by molar-refractivity contribution is 8.13. The van der Waals surface area contributed by atoms with Gasteiger partial charge in [-0.05, 0) is 11.3 Å². The molecule has 2 amide bonds. The second-order valence-corrected chi connectivity index (χ2v) is 5.88. The Kier molecular flexibility index (Phi) is 7.53. The number of hydrogen-bond donors (Lipinski definition) is 3. The van der Waals surface area contributed by atoms with Gasteiger partial charge in [-0.1, -0.05) is 37.3 Å². The minimum absolute atomic E-state index is 0.197. The van der Waals surface area contributed by atoms with Crippen molar-refractivity contribution in [3.63, 3.8) is 0 Å². The molecule has 0 saturated carbocycles. The molecular formula is C15H21N3O2S. The molecule has 1 aromatic rings. The maximum absolute atomic E-state index is 12.2. The summed E-state index contributed by atoms with van der Waals surface area (Å²) in [6.07, 6.45) is 0.431. The number of benzene rings is 1. The molecule has 0 heterocycles. The molecule has 0 spiro atoms. The van der Waals surface area contributed by atoms with E-state index in [0.29, 0.717) is 11.5 Å². The van der Waals surface area contributed by atoms with E-state index >= 15 is 0 Å². The summed E-state index contributed by atoms with van der Waals surface area (Å²) < 4.78 is 0. The quantitative estimate of drug-likeness (QED) is 0.528. The number of carbonyl (C=O) groups is 2. The molecule has 0 aromatic heterocycles. The molecule has 1 atom stereocenters. The van der Waals surface area contributed by atoms with Gasteiger partial charge in [0.15, 0.2) is 0 Å². The summed E-state index contributed by atoms with van der Waals surface area (Å²) in [6.45, 7) is 3.54. The summed E-state index contributed by atoms with van der Waals surface area (Å²) >= 11 is 1.38. The Morgan fingerprint density at radius 3 is 2.52 bits per heavy atom. The van der Waals surface area contributed by atoms with Crippen LogP contribution in [0.4, 0.5) is 0 Å². The molecule has 21 heavy (non-hydrogen) atoms. The van der Waals surface area contributed by atoms with Gasteiger partial charge >= 0.3 is 0 Å². The lowest BCUT2D eigenvalue weighted by Crippen LogP contribution is -2.48. The first-order valence-corrected chi connectivity index (χ1v) is 7.80. The van der Waals surface area contributed by atoms with Crippen molar-refractivity contribution in [1.29, 1.82) is 5.41 Å². The first-order chi connectivity index (χ1) is 10.0. The highest BCUT2D eigenvalue weighted by atomic mass is 32.2. The fourth-order valence-electron chi connectivity index (χ4n) is 1.82. The molecule has 1 aromatic carbocycles. The Bertz CT molecular complexity index is 491. The normalized spacial score (nSPS) is 11.5. The van der Waals surface area contributed by atoms with Gasteiger partial charge in [-0.3, -0.25) is 15.0 Å². The Morgan fingerprint density at radius 1 is 1.29 bits per heavy atom. The van der Waals surface area contributed by atoms with E-state index < -0.39 is 6.04 Å². The molecule has 0 saturated heterocycles. The Morgan fingerprint density at radius 2 is 1.95 bits per heavy atom. The molecule has 1 rings (SSSR count). The van der Waals surface area contributed by atoms with Crippen LogP contribution < -0.4 is 10.6 Å². The maximum Gasteiger partial charge on any atom is 0.243 e. The molecule has 5 nitrogen and oxygen atoms in total. The smallest absolute Gasteiger partial charge is 0.243 e. The van der Waals surface area contributed by atoms with Crippen LogP contribution in [-0.2, 0) is 16.0 Å². The van der Waals surface area contributed by atoms with Gasteiger partial charge in [0.1, 0.15) is 6.04 Å². The molecule has 0 unspecified atom stereocenters. The van der Waals surface area contributed by atoms with E-state index in [1.165, 1.54) is 18.7 Å². The van der Waals surface area contributed by atoms with Crippen LogP contribution in [-0.4, -0.2) is 35.2 Å². The van der Waals surface area contributed by atoms with E-state index in [4.69, 9.17) is 5.41 Å². The lowest BCUT2D eigenvalue weighted by molar-refractivity contribution is -0.127. The number of carbonyl (C=O) groups excluding carboxylic acids is 2. The minimum atomic E-state index is -0.621. The fourth-order valence-corrected chi connectivity index (χ4v) is 2.34. The first kappa shape index (κ1) is 17.2. The first-order valence-electron chi connectivity index (χ1n) is 6.82. The number of rotatable bonds is 7. The van der Waals surface area contributed by atoms with Gasteiger partial charge in [0.05, 0.1) is 11.6 Å². The van der Waals surface area contributed by atoms with Crippen LogP contribution in [0.1, 0.15) is 19.4 Å². The molecule has 0 fully saturated rings. The molecule has 0 bridgehead atoms. The van der Waals surface area contributed by atoms with Crippen LogP contribution in [0.2, 0.25) is 0 Å². The van der Waals surface area contributed by atoms with E-state index in [-0.39, 0.29) is 18.4 Å². The van der Waals surface area contributed by atoms with Crippen LogP contribution in [0.5, 0.6) is 0 Å². The zero-order valence-electron chi connectivity index (χ0n) is 12.3. The summed E-state index contributed by atoms with van der Waals surface area (Å²) in [4.78, 5) is 23.4. The van der Waals surface area contributed by atoms with Crippen molar-refractivity contribution in [2.24, 2.45) is 0 Å². The van der Waals surface area contributed by atoms with E-state index in [9.17, 15) is 9.59 Å². The third-order valence-corrected chi connectivity index (χ3v) is 3.50. The van der Waals surface area contributed by atoms with Crippen LogP contribution >= 0.6 is 11.8 Å². The topological polar surface area (TPSA) is 82.1 Å². The zero-order valence-corrected chi connectivity index (χ0v) is 13.1. The highest BCUT2D eigenvalue weighted by Gasteiger charge is 2.19. The number of amides is 2. The maximum atomic E-state index is 12.2. The van der Waals surface area contributed by atoms with Crippen molar-refractivity contribution in [3.8, 4) is 0 Å². The van der Waals surface area contributed by atoms with Gasteiger partial charge in [0, 0.05) is 13.3 Å². The summed E-state index contributed by atoms with van der Waals surface area (Å²) in [5.74, 6) is 0.285. The molecule has 0 radical (unpaired) electrons. The Balaban J connectivity index is 2.62. The summed E-state index contributed by atoms with van der Waals surface area (Å²) in [6, 6.07) is 8.90. The standard InChI is InChI=1S/C15H21N3O2S/c1-3-21-14(16)10-17-15(20)13(18-11(2)19)9-12-7-5-4-6-8-12/h4-8,13,16H,3,9-10H2,1-2H3,(H,17,20)(H,18,19)/t13-/m0/s1. The van der Waals surface area contributed by atoms with Gasteiger partial charge in [0.2, 0.25) is 11.8 Å². The average molecular weight is 307 g/mol. The van der Waals surface area contributed by atoms with Crippen molar-refractivity contribution < 1.29 is 9.59 Å². The van der Waals surface area contributed by atoms with Crippen LogP contribution in [0.15, 0.2) is 30.3 Å². The predicted octanol–water partition coefficient (Wildman–Crippen LogP) is 1.58. The second kappa shape index (κ2) is 9.18. The van der Waals surface area contributed by atoms with Gasteiger partial charge in [0.25, 0.3) is 0 Å². The number of nitrogens with one attached hydrogen (secondary N) is 3. The van der Waals surface area contributed by atoms with E-state index in [0.717, 1.165) is 11.3 Å². The van der Waals surface area contributed by atoms with Crippen LogP contribution in [0, 0.1) is 5.41 Å². The zero-order chi connectivity index (χ0) is 15.7. The fraction of sp³-hybridized carbons (Fsp3) is 0.400. The molecular weight excluding hydrogens is 286 g/mol. The van der Waals surface area contributed by atoms with E-state index in [2.05, 4.69) is 10.6 Å². The third kappa shape index (κ3) is 6.94. The lowest BCUT2D eigenvalue weighted by Gasteiger charge is -2.17. The molecule has 3 N–H and O–H groups in total. The van der Waals surface area contributed by atoms with Gasteiger partial charge < -0.3 is 10.6 Å². The number of hydrogen-bond acceptors (Lipinski definition) is 4. The summed E-state index contributed by atoms with van der Waals surface area (Å²) in [5, 5.41) is 13.4. The molecule has 0 aliphatic heterocycles. The van der Waals surface area contributed by atoms with Crippen molar-refractivity contribution in [3.05, 3.63) is 35.9 Å².